The van der Waals surface area contributed by atoms with Crippen molar-refractivity contribution in [1.29, 1.82) is 0 Å². The third kappa shape index (κ3) is 4.15. The average Bonchev–Trinajstić information content (AvgIpc) is 3.52. The van der Waals surface area contributed by atoms with E-state index in [0.717, 1.165) is 36.1 Å². The van der Waals surface area contributed by atoms with E-state index in [2.05, 4.69) is 36.0 Å². The summed E-state index contributed by atoms with van der Waals surface area (Å²) in [5.74, 6) is 2.31. The van der Waals surface area contributed by atoms with E-state index in [0.29, 0.717) is 37.6 Å². The van der Waals surface area contributed by atoms with Gasteiger partial charge in [0.25, 0.3) is 5.91 Å². The van der Waals surface area contributed by atoms with Crippen molar-refractivity contribution in [3.05, 3.63) is 53.7 Å². The SMILES string of the molecule is Cc1nc(N2CCCC2)cc(N2CCN(C(=O)c3cc(-c4ccc(F)cc4)n[nH]3)CC2)n1. The van der Waals surface area contributed by atoms with Gasteiger partial charge in [-0.2, -0.15) is 5.10 Å². The first-order valence-corrected chi connectivity index (χ1v) is 11.0. The third-order valence-corrected chi connectivity index (χ3v) is 6.08. The van der Waals surface area contributed by atoms with Gasteiger partial charge in [-0.1, -0.05) is 0 Å². The molecule has 4 heterocycles. The number of carbonyl (C=O) groups excluding carboxylic acids is 1. The molecule has 0 atom stereocenters. The monoisotopic (exact) mass is 435 g/mol. The van der Waals surface area contributed by atoms with Crippen molar-refractivity contribution < 1.29 is 9.18 Å². The highest BCUT2D eigenvalue weighted by molar-refractivity contribution is 5.93. The molecule has 1 N–H and O–H groups in total. The Morgan fingerprint density at radius 3 is 2.19 bits per heavy atom. The lowest BCUT2D eigenvalue weighted by molar-refractivity contribution is 0.0740. The summed E-state index contributed by atoms with van der Waals surface area (Å²) in [6, 6.07) is 9.86. The standard InChI is InChI=1S/C23H26FN7O/c1-16-25-21(29-8-2-3-9-29)15-22(26-16)30-10-12-31(13-11-30)23(32)20-14-19(27-28-20)17-4-6-18(24)7-5-17/h4-7,14-15H,2-3,8-13H2,1H3,(H,27,28). The van der Waals surface area contributed by atoms with Crippen LogP contribution in [0.15, 0.2) is 36.4 Å². The van der Waals surface area contributed by atoms with Gasteiger partial charge < -0.3 is 14.7 Å². The normalized spacial score (nSPS) is 16.6. The fourth-order valence-electron chi connectivity index (χ4n) is 4.32. The lowest BCUT2D eigenvalue weighted by Gasteiger charge is -2.35. The maximum absolute atomic E-state index is 13.2. The number of nitrogens with zero attached hydrogens (tertiary/aromatic N) is 6. The molecule has 3 aromatic rings. The first-order valence-electron chi connectivity index (χ1n) is 11.0. The Bertz CT molecular complexity index is 1100. The lowest BCUT2D eigenvalue weighted by atomic mass is 10.1. The molecule has 2 fully saturated rings. The molecule has 2 saturated heterocycles. The molecular formula is C23H26FN7O. The highest BCUT2D eigenvalue weighted by atomic mass is 19.1. The summed E-state index contributed by atoms with van der Waals surface area (Å²) in [4.78, 5) is 28.6. The van der Waals surface area contributed by atoms with E-state index in [1.54, 1.807) is 18.2 Å². The molecule has 0 unspecified atom stereocenters. The highest BCUT2D eigenvalue weighted by Crippen LogP contribution is 2.24. The number of aryl methyl sites for hydroxylation is 1. The fourth-order valence-corrected chi connectivity index (χ4v) is 4.32. The summed E-state index contributed by atoms with van der Waals surface area (Å²) >= 11 is 0. The van der Waals surface area contributed by atoms with E-state index in [1.165, 1.54) is 25.0 Å². The average molecular weight is 436 g/mol. The minimum absolute atomic E-state index is 0.0814. The second-order valence-electron chi connectivity index (χ2n) is 8.28. The molecule has 0 aliphatic carbocycles. The number of anilines is 2. The number of rotatable bonds is 4. The molecule has 9 heteroatoms. The predicted molar refractivity (Wildman–Crippen MR) is 120 cm³/mol. The van der Waals surface area contributed by atoms with Gasteiger partial charge >= 0.3 is 0 Å². The van der Waals surface area contributed by atoms with Crippen LogP contribution in [0.2, 0.25) is 0 Å². The van der Waals surface area contributed by atoms with Gasteiger partial charge in [0.2, 0.25) is 0 Å². The zero-order valence-electron chi connectivity index (χ0n) is 18.1. The number of benzene rings is 1. The van der Waals surface area contributed by atoms with Crippen molar-refractivity contribution >= 4 is 17.5 Å². The summed E-state index contributed by atoms with van der Waals surface area (Å²) < 4.78 is 13.2. The molecule has 0 spiro atoms. The molecule has 1 aromatic carbocycles. The Balaban J connectivity index is 1.24. The minimum Gasteiger partial charge on any atom is -0.356 e. The number of aromatic nitrogens is 4. The number of H-pyrrole nitrogens is 1. The van der Waals surface area contributed by atoms with Crippen LogP contribution in [0.25, 0.3) is 11.3 Å². The zero-order chi connectivity index (χ0) is 22.1. The summed E-state index contributed by atoms with van der Waals surface area (Å²) in [5.41, 5.74) is 1.82. The van der Waals surface area contributed by atoms with E-state index >= 15 is 0 Å². The van der Waals surface area contributed by atoms with Crippen molar-refractivity contribution in [1.82, 2.24) is 25.1 Å². The molecule has 5 rings (SSSR count). The van der Waals surface area contributed by atoms with Gasteiger partial charge in [0, 0.05) is 50.9 Å². The summed E-state index contributed by atoms with van der Waals surface area (Å²) in [6.07, 6.45) is 2.41. The van der Waals surface area contributed by atoms with Crippen LogP contribution < -0.4 is 9.80 Å². The Hall–Kier alpha value is -3.49. The molecule has 166 valence electrons. The Labute approximate surface area is 186 Å². The number of carbonyl (C=O) groups is 1. The van der Waals surface area contributed by atoms with Crippen LogP contribution in [0, 0.1) is 12.7 Å². The number of halogens is 1. The number of hydrogen-bond acceptors (Lipinski definition) is 6. The van der Waals surface area contributed by atoms with E-state index < -0.39 is 0 Å². The first kappa shape index (κ1) is 20.4. The quantitative estimate of drug-likeness (QED) is 0.679. The number of amides is 1. The molecule has 2 aromatic heterocycles. The van der Waals surface area contributed by atoms with Gasteiger partial charge in [0.1, 0.15) is 29.0 Å². The molecule has 32 heavy (non-hydrogen) atoms. The van der Waals surface area contributed by atoms with Crippen LogP contribution in [0.3, 0.4) is 0 Å². The molecule has 2 aliphatic heterocycles. The summed E-state index contributed by atoms with van der Waals surface area (Å²) in [7, 11) is 0. The van der Waals surface area contributed by atoms with Crippen molar-refractivity contribution in [2.75, 3.05) is 49.1 Å². The van der Waals surface area contributed by atoms with E-state index in [-0.39, 0.29) is 11.7 Å². The van der Waals surface area contributed by atoms with Gasteiger partial charge in [-0.25, -0.2) is 14.4 Å². The van der Waals surface area contributed by atoms with Crippen LogP contribution in [0.1, 0.15) is 29.2 Å². The van der Waals surface area contributed by atoms with Gasteiger partial charge in [0.05, 0.1) is 5.69 Å². The number of hydrogen-bond donors (Lipinski definition) is 1. The van der Waals surface area contributed by atoms with Crippen molar-refractivity contribution in [2.45, 2.75) is 19.8 Å². The smallest absolute Gasteiger partial charge is 0.272 e. The Morgan fingerprint density at radius 2 is 1.53 bits per heavy atom. The molecule has 0 radical (unpaired) electrons. The highest BCUT2D eigenvalue weighted by Gasteiger charge is 2.25. The molecule has 0 bridgehead atoms. The lowest BCUT2D eigenvalue weighted by Crippen LogP contribution is -2.49. The third-order valence-electron chi connectivity index (χ3n) is 6.08. The molecule has 8 nitrogen and oxygen atoms in total. The summed E-state index contributed by atoms with van der Waals surface area (Å²) in [5, 5.41) is 7.06. The molecule has 2 aliphatic rings. The van der Waals surface area contributed by atoms with Crippen molar-refractivity contribution in [3.8, 4) is 11.3 Å². The van der Waals surface area contributed by atoms with Crippen LogP contribution in [-0.2, 0) is 0 Å². The Morgan fingerprint density at radius 1 is 0.906 bits per heavy atom. The minimum atomic E-state index is -0.301. The van der Waals surface area contributed by atoms with Crippen LogP contribution in [0.5, 0.6) is 0 Å². The van der Waals surface area contributed by atoms with Gasteiger partial charge in [-0.15, -0.1) is 0 Å². The second kappa shape index (κ2) is 8.57. The van der Waals surface area contributed by atoms with Crippen molar-refractivity contribution in [2.24, 2.45) is 0 Å². The van der Waals surface area contributed by atoms with Crippen LogP contribution in [-0.4, -0.2) is 70.2 Å². The number of aromatic amines is 1. The second-order valence-corrected chi connectivity index (χ2v) is 8.28. The van der Waals surface area contributed by atoms with E-state index in [9.17, 15) is 9.18 Å². The van der Waals surface area contributed by atoms with E-state index in [4.69, 9.17) is 0 Å². The zero-order valence-corrected chi connectivity index (χ0v) is 18.1. The number of piperazine rings is 1. The maximum Gasteiger partial charge on any atom is 0.272 e. The van der Waals surface area contributed by atoms with E-state index in [1.807, 2.05) is 11.8 Å². The molecule has 0 saturated carbocycles. The van der Waals surface area contributed by atoms with Crippen molar-refractivity contribution in [3.63, 3.8) is 0 Å². The predicted octanol–water partition coefficient (Wildman–Crippen LogP) is 2.88. The van der Waals surface area contributed by atoms with Crippen LogP contribution >= 0.6 is 0 Å². The van der Waals surface area contributed by atoms with Gasteiger partial charge in [-0.05, 0) is 50.1 Å². The molecular weight excluding hydrogens is 409 g/mol. The largest absolute Gasteiger partial charge is 0.356 e. The van der Waals surface area contributed by atoms with Gasteiger partial charge in [-0.3, -0.25) is 9.89 Å². The molecule has 1 amide bonds. The van der Waals surface area contributed by atoms with Gasteiger partial charge in [0.15, 0.2) is 0 Å². The van der Waals surface area contributed by atoms with Crippen LogP contribution in [0.4, 0.5) is 16.0 Å². The maximum atomic E-state index is 13.2. The number of nitrogens with one attached hydrogen (secondary N) is 1. The topological polar surface area (TPSA) is 81.3 Å². The summed E-state index contributed by atoms with van der Waals surface area (Å²) in [6.45, 7) is 6.64. The fraction of sp³-hybridized carbons (Fsp3) is 0.391. The first-order chi connectivity index (χ1) is 15.6. The Kier molecular flexibility index (Phi) is 5.46.